The van der Waals surface area contributed by atoms with Crippen molar-refractivity contribution in [1.82, 2.24) is 10.3 Å². The summed E-state index contributed by atoms with van der Waals surface area (Å²) >= 11 is 0. The number of anilines is 1. The molecule has 0 aliphatic rings. The van der Waals surface area contributed by atoms with E-state index in [4.69, 9.17) is 0 Å². The molecule has 0 radical (unpaired) electrons. The summed E-state index contributed by atoms with van der Waals surface area (Å²) in [7, 11) is -4.08. The SMILES string of the molecule is CCC[C@@H](NC(=O)c1cccc(S(=O)(=O)Nc2ccc(C)c3c(C#N)c[nH]c23)c1)C(=O)O. The van der Waals surface area contributed by atoms with Crippen molar-refractivity contribution < 1.29 is 23.1 Å². The van der Waals surface area contributed by atoms with Crippen LogP contribution in [0, 0.1) is 18.3 Å². The number of carbonyl (C=O) groups excluding carboxylic acids is 1. The summed E-state index contributed by atoms with van der Waals surface area (Å²) in [5.74, 6) is -1.83. The molecule has 0 spiro atoms. The molecule has 0 saturated carbocycles. The molecule has 1 amide bonds. The van der Waals surface area contributed by atoms with Gasteiger partial charge in [0.1, 0.15) is 12.1 Å². The molecule has 0 saturated heterocycles. The highest BCUT2D eigenvalue weighted by atomic mass is 32.2. The molecule has 10 heteroatoms. The van der Waals surface area contributed by atoms with Gasteiger partial charge in [-0.2, -0.15) is 5.26 Å². The maximum atomic E-state index is 13.0. The molecule has 32 heavy (non-hydrogen) atoms. The van der Waals surface area contributed by atoms with Gasteiger partial charge in [0.05, 0.1) is 21.7 Å². The number of aromatic nitrogens is 1. The van der Waals surface area contributed by atoms with E-state index in [0.29, 0.717) is 22.9 Å². The second kappa shape index (κ2) is 9.11. The number of hydrogen-bond donors (Lipinski definition) is 4. The molecule has 1 atom stereocenters. The Bertz CT molecular complexity index is 1340. The number of amides is 1. The zero-order chi connectivity index (χ0) is 23.5. The van der Waals surface area contributed by atoms with Crippen LogP contribution in [-0.2, 0) is 14.8 Å². The molecule has 4 N–H and O–H groups in total. The summed E-state index contributed by atoms with van der Waals surface area (Å²) in [5.41, 5.74) is 1.98. The molecule has 3 aromatic rings. The van der Waals surface area contributed by atoms with Gasteiger partial charge < -0.3 is 15.4 Å². The Kier molecular flexibility index (Phi) is 6.50. The van der Waals surface area contributed by atoms with Gasteiger partial charge >= 0.3 is 5.97 Å². The predicted octanol–water partition coefficient (Wildman–Crippen LogP) is 3.13. The molecule has 9 nitrogen and oxygen atoms in total. The number of nitriles is 1. The largest absolute Gasteiger partial charge is 0.480 e. The zero-order valence-electron chi connectivity index (χ0n) is 17.5. The third kappa shape index (κ3) is 4.58. The van der Waals surface area contributed by atoms with E-state index in [1.807, 2.05) is 6.92 Å². The Labute approximate surface area is 185 Å². The number of benzene rings is 2. The van der Waals surface area contributed by atoms with E-state index in [-0.39, 0.29) is 22.6 Å². The van der Waals surface area contributed by atoms with Gasteiger partial charge in [0, 0.05) is 17.1 Å². The number of nitrogens with one attached hydrogen (secondary N) is 3. The van der Waals surface area contributed by atoms with Crippen molar-refractivity contribution in [3.8, 4) is 6.07 Å². The van der Waals surface area contributed by atoms with Crippen LogP contribution < -0.4 is 10.0 Å². The highest BCUT2D eigenvalue weighted by Crippen LogP contribution is 2.30. The van der Waals surface area contributed by atoms with Gasteiger partial charge in [0.2, 0.25) is 0 Å². The molecular formula is C22H22N4O5S. The van der Waals surface area contributed by atoms with Crippen molar-refractivity contribution in [3.63, 3.8) is 0 Å². The summed E-state index contributed by atoms with van der Waals surface area (Å²) in [5, 5.41) is 21.5. The van der Waals surface area contributed by atoms with Crippen molar-refractivity contribution in [2.24, 2.45) is 0 Å². The standard InChI is InChI=1S/C22H22N4O5S/c1-3-5-18(22(28)29)25-21(27)14-6-4-7-16(10-14)32(30,31)26-17-9-8-13(2)19-15(11-23)12-24-20(17)19/h4,6-10,12,18,24,26H,3,5H2,1-2H3,(H,25,27)(H,28,29)/t18-/m1/s1. The summed E-state index contributed by atoms with van der Waals surface area (Å²) < 4.78 is 28.5. The molecule has 166 valence electrons. The highest BCUT2D eigenvalue weighted by Gasteiger charge is 2.22. The number of aryl methyl sites for hydroxylation is 1. The van der Waals surface area contributed by atoms with E-state index in [9.17, 15) is 28.4 Å². The van der Waals surface area contributed by atoms with Crippen molar-refractivity contribution in [3.05, 3.63) is 59.3 Å². The molecular weight excluding hydrogens is 432 g/mol. The van der Waals surface area contributed by atoms with Gasteiger partial charge in [-0.3, -0.25) is 9.52 Å². The minimum absolute atomic E-state index is 0.0240. The number of carbonyl (C=O) groups is 2. The summed E-state index contributed by atoms with van der Waals surface area (Å²) in [4.78, 5) is 26.6. The lowest BCUT2D eigenvalue weighted by molar-refractivity contribution is -0.139. The second-order valence-electron chi connectivity index (χ2n) is 7.28. The number of sulfonamides is 1. The quantitative estimate of drug-likeness (QED) is 0.410. The van der Waals surface area contributed by atoms with E-state index in [0.717, 1.165) is 5.56 Å². The third-order valence-electron chi connectivity index (χ3n) is 5.00. The van der Waals surface area contributed by atoms with Crippen LogP contribution in [0.4, 0.5) is 5.69 Å². The summed E-state index contributed by atoms with van der Waals surface area (Å²) in [6.07, 6.45) is 2.33. The predicted molar refractivity (Wildman–Crippen MR) is 119 cm³/mol. The van der Waals surface area contributed by atoms with Crippen LogP contribution in [-0.4, -0.2) is 36.4 Å². The van der Waals surface area contributed by atoms with Crippen LogP contribution in [0.1, 0.15) is 41.3 Å². The Hall–Kier alpha value is -3.84. The average Bonchev–Trinajstić information content (AvgIpc) is 3.21. The van der Waals surface area contributed by atoms with Crippen LogP contribution >= 0.6 is 0 Å². The summed E-state index contributed by atoms with van der Waals surface area (Å²) in [6, 6.07) is 9.64. The monoisotopic (exact) mass is 454 g/mol. The number of hydrogen-bond acceptors (Lipinski definition) is 5. The van der Waals surface area contributed by atoms with Crippen molar-refractivity contribution in [2.45, 2.75) is 37.6 Å². The zero-order valence-corrected chi connectivity index (χ0v) is 18.3. The van der Waals surface area contributed by atoms with E-state index in [1.54, 1.807) is 19.1 Å². The Morgan fingerprint density at radius 2 is 2.00 bits per heavy atom. The minimum Gasteiger partial charge on any atom is -0.480 e. The van der Waals surface area contributed by atoms with E-state index in [2.05, 4.69) is 21.1 Å². The Balaban J connectivity index is 1.91. The number of nitrogens with zero attached hydrogens (tertiary/aromatic N) is 1. The lowest BCUT2D eigenvalue weighted by atomic mass is 10.1. The van der Waals surface area contributed by atoms with E-state index >= 15 is 0 Å². The van der Waals surface area contributed by atoms with Crippen molar-refractivity contribution in [1.29, 1.82) is 5.26 Å². The smallest absolute Gasteiger partial charge is 0.326 e. The number of carboxylic acids is 1. The number of rotatable bonds is 8. The van der Waals surface area contributed by atoms with Crippen LogP contribution in [0.5, 0.6) is 0 Å². The lowest BCUT2D eigenvalue weighted by Crippen LogP contribution is -2.40. The molecule has 2 aromatic carbocycles. The summed E-state index contributed by atoms with van der Waals surface area (Å²) in [6.45, 7) is 3.62. The molecule has 0 aliphatic heterocycles. The van der Waals surface area contributed by atoms with Gasteiger partial charge in [-0.15, -0.1) is 0 Å². The minimum atomic E-state index is -4.08. The number of H-pyrrole nitrogens is 1. The van der Waals surface area contributed by atoms with Gasteiger partial charge in [0.15, 0.2) is 0 Å². The van der Waals surface area contributed by atoms with Gasteiger partial charge in [-0.25, -0.2) is 13.2 Å². The topological polar surface area (TPSA) is 152 Å². The third-order valence-corrected chi connectivity index (χ3v) is 6.36. The number of carboxylic acid groups (broad SMARTS) is 1. The van der Waals surface area contributed by atoms with Crippen LogP contribution in [0.15, 0.2) is 47.5 Å². The number of aromatic amines is 1. The highest BCUT2D eigenvalue weighted by molar-refractivity contribution is 7.92. The van der Waals surface area contributed by atoms with E-state index in [1.165, 1.54) is 30.5 Å². The van der Waals surface area contributed by atoms with E-state index < -0.39 is 27.9 Å². The number of fused-ring (bicyclic) bond motifs is 1. The fourth-order valence-electron chi connectivity index (χ4n) is 3.39. The molecule has 1 aromatic heterocycles. The van der Waals surface area contributed by atoms with Gasteiger partial charge in [-0.05, 0) is 43.2 Å². The molecule has 0 unspecified atom stereocenters. The molecule has 3 rings (SSSR count). The maximum absolute atomic E-state index is 13.0. The fraction of sp³-hybridized carbons (Fsp3) is 0.227. The first kappa shape index (κ1) is 22.8. The average molecular weight is 455 g/mol. The van der Waals surface area contributed by atoms with Crippen molar-refractivity contribution >= 4 is 38.5 Å². The first-order valence-electron chi connectivity index (χ1n) is 9.85. The van der Waals surface area contributed by atoms with Crippen LogP contribution in [0.3, 0.4) is 0 Å². The molecule has 1 heterocycles. The number of aliphatic carboxylic acids is 1. The van der Waals surface area contributed by atoms with Gasteiger partial charge in [0.25, 0.3) is 15.9 Å². The first-order valence-corrected chi connectivity index (χ1v) is 11.3. The van der Waals surface area contributed by atoms with Crippen LogP contribution in [0.2, 0.25) is 0 Å². The normalized spacial score (nSPS) is 12.2. The molecule has 0 fully saturated rings. The van der Waals surface area contributed by atoms with Crippen molar-refractivity contribution in [2.75, 3.05) is 4.72 Å². The first-order chi connectivity index (χ1) is 15.2. The maximum Gasteiger partial charge on any atom is 0.326 e. The second-order valence-corrected chi connectivity index (χ2v) is 8.96. The lowest BCUT2D eigenvalue weighted by Gasteiger charge is -2.14. The Morgan fingerprint density at radius 1 is 1.25 bits per heavy atom. The van der Waals surface area contributed by atoms with Crippen LogP contribution in [0.25, 0.3) is 10.9 Å². The molecule has 0 aliphatic carbocycles. The fourth-order valence-corrected chi connectivity index (χ4v) is 4.51. The Morgan fingerprint density at radius 3 is 2.66 bits per heavy atom. The van der Waals surface area contributed by atoms with Gasteiger partial charge in [-0.1, -0.05) is 25.5 Å². The molecule has 0 bridgehead atoms.